The van der Waals surface area contributed by atoms with Gasteiger partial charge in [0.25, 0.3) is 0 Å². The number of aliphatic hydroxyl groups is 1. The third-order valence-corrected chi connectivity index (χ3v) is 3.56. The summed E-state index contributed by atoms with van der Waals surface area (Å²) in [5.41, 5.74) is 0. The molecule has 0 aromatic carbocycles. The number of nitrogens with one attached hydrogen (secondary N) is 1. The molecule has 1 fully saturated rings. The quantitative estimate of drug-likeness (QED) is 0.707. The molecule has 1 atom stereocenters. The fraction of sp³-hybridized carbons (Fsp3) is 1.00. The highest BCUT2D eigenvalue weighted by atomic mass is 16.3. The van der Waals surface area contributed by atoms with Crippen LogP contribution in [-0.4, -0.2) is 73.4 Å². The molecule has 17 heavy (non-hydrogen) atoms. The van der Waals surface area contributed by atoms with Crippen molar-refractivity contribution in [3.63, 3.8) is 0 Å². The predicted molar refractivity (Wildman–Crippen MR) is 72.3 cm³/mol. The van der Waals surface area contributed by atoms with Gasteiger partial charge in [-0.25, -0.2) is 0 Å². The average molecular weight is 243 g/mol. The van der Waals surface area contributed by atoms with Gasteiger partial charge in [-0.2, -0.15) is 0 Å². The summed E-state index contributed by atoms with van der Waals surface area (Å²) in [5, 5.41) is 12.8. The topological polar surface area (TPSA) is 38.7 Å². The van der Waals surface area contributed by atoms with Gasteiger partial charge in [0.05, 0.1) is 6.61 Å². The molecule has 0 amide bonds. The van der Waals surface area contributed by atoms with Crippen LogP contribution in [0.3, 0.4) is 0 Å². The minimum absolute atomic E-state index is 0.214. The lowest BCUT2D eigenvalue weighted by Gasteiger charge is -2.37. The summed E-state index contributed by atoms with van der Waals surface area (Å²) in [6.45, 7) is 7.75. The largest absolute Gasteiger partial charge is 0.395 e. The first-order valence-electron chi connectivity index (χ1n) is 6.78. The van der Waals surface area contributed by atoms with E-state index in [-0.39, 0.29) is 12.6 Å². The van der Waals surface area contributed by atoms with Crippen molar-refractivity contribution in [3.05, 3.63) is 0 Å². The van der Waals surface area contributed by atoms with Crippen molar-refractivity contribution in [2.24, 2.45) is 0 Å². The van der Waals surface area contributed by atoms with Gasteiger partial charge in [-0.3, -0.25) is 0 Å². The second kappa shape index (κ2) is 7.31. The van der Waals surface area contributed by atoms with Crippen LogP contribution < -0.4 is 5.32 Å². The molecule has 0 bridgehead atoms. The third-order valence-electron chi connectivity index (χ3n) is 3.56. The van der Waals surface area contributed by atoms with Crippen LogP contribution in [0.1, 0.15) is 26.7 Å². The monoisotopic (exact) mass is 243 g/mol. The van der Waals surface area contributed by atoms with E-state index in [0.29, 0.717) is 6.04 Å². The molecule has 1 aliphatic heterocycles. The van der Waals surface area contributed by atoms with Crippen LogP contribution in [-0.2, 0) is 0 Å². The van der Waals surface area contributed by atoms with E-state index >= 15 is 0 Å². The summed E-state index contributed by atoms with van der Waals surface area (Å²) in [7, 11) is 4.33. The van der Waals surface area contributed by atoms with E-state index in [1.807, 2.05) is 0 Å². The summed E-state index contributed by atoms with van der Waals surface area (Å²) in [4.78, 5) is 4.80. The number of likely N-dealkylation sites (tertiary alicyclic amines) is 1. The zero-order chi connectivity index (χ0) is 12.8. The van der Waals surface area contributed by atoms with E-state index in [1.165, 1.54) is 12.8 Å². The normalized spacial score (nSPS) is 21.4. The van der Waals surface area contributed by atoms with Crippen molar-refractivity contribution in [2.75, 3.05) is 40.3 Å². The molecule has 1 rings (SSSR count). The summed E-state index contributed by atoms with van der Waals surface area (Å²) >= 11 is 0. The Kier molecular flexibility index (Phi) is 6.41. The molecule has 1 aliphatic rings. The lowest BCUT2D eigenvalue weighted by molar-refractivity contribution is 0.118. The molecule has 0 aromatic rings. The number of nitrogens with zero attached hydrogens (tertiary/aromatic N) is 2. The zero-order valence-corrected chi connectivity index (χ0v) is 11.8. The Bertz CT molecular complexity index is 201. The maximum Gasteiger partial charge on any atom is 0.0597 e. The molecule has 0 saturated carbocycles. The molecule has 1 heterocycles. The van der Waals surface area contributed by atoms with E-state index in [9.17, 15) is 5.11 Å². The van der Waals surface area contributed by atoms with Crippen molar-refractivity contribution < 1.29 is 5.11 Å². The number of hydrogen-bond acceptors (Lipinski definition) is 4. The molecule has 0 aromatic heterocycles. The molecule has 0 spiro atoms. The van der Waals surface area contributed by atoms with Gasteiger partial charge < -0.3 is 20.2 Å². The van der Waals surface area contributed by atoms with Gasteiger partial charge in [-0.1, -0.05) is 13.8 Å². The molecular weight excluding hydrogens is 214 g/mol. The van der Waals surface area contributed by atoms with Crippen molar-refractivity contribution in [2.45, 2.75) is 44.8 Å². The SMILES string of the molecule is CC(C)NC(CO)CN1CCC(N(C)C)CC1. The van der Waals surface area contributed by atoms with Crippen LogP contribution in [0.5, 0.6) is 0 Å². The van der Waals surface area contributed by atoms with Gasteiger partial charge >= 0.3 is 0 Å². The second-order valence-electron chi connectivity index (χ2n) is 5.70. The van der Waals surface area contributed by atoms with E-state index < -0.39 is 0 Å². The van der Waals surface area contributed by atoms with Crippen LogP contribution in [0.2, 0.25) is 0 Å². The van der Waals surface area contributed by atoms with Crippen molar-refractivity contribution >= 4 is 0 Å². The standard InChI is InChI=1S/C13H29N3O/c1-11(2)14-12(10-17)9-16-7-5-13(6-8-16)15(3)4/h11-14,17H,5-10H2,1-4H3. The van der Waals surface area contributed by atoms with Gasteiger partial charge in [0.1, 0.15) is 0 Å². The molecule has 0 radical (unpaired) electrons. The van der Waals surface area contributed by atoms with E-state index in [0.717, 1.165) is 25.7 Å². The summed E-state index contributed by atoms with van der Waals surface area (Å²) in [5.74, 6) is 0. The first-order chi connectivity index (χ1) is 8.02. The first kappa shape index (κ1) is 14.9. The van der Waals surface area contributed by atoms with E-state index in [2.05, 4.69) is 43.1 Å². The number of hydrogen-bond donors (Lipinski definition) is 2. The molecule has 1 saturated heterocycles. The van der Waals surface area contributed by atoms with E-state index in [4.69, 9.17) is 0 Å². The maximum absolute atomic E-state index is 9.35. The summed E-state index contributed by atoms with van der Waals surface area (Å²) < 4.78 is 0. The van der Waals surface area contributed by atoms with Crippen LogP contribution in [0.4, 0.5) is 0 Å². The molecule has 2 N–H and O–H groups in total. The highest BCUT2D eigenvalue weighted by molar-refractivity contribution is 4.80. The van der Waals surface area contributed by atoms with E-state index in [1.54, 1.807) is 0 Å². The van der Waals surface area contributed by atoms with Gasteiger partial charge in [-0.05, 0) is 40.0 Å². The summed E-state index contributed by atoms with van der Waals surface area (Å²) in [6, 6.07) is 1.38. The fourth-order valence-electron chi connectivity index (χ4n) is 2.56. The van der Waals surface area contributed by atoms with Gasteiger partial charge in [0.15, 0.2) is 0 Å². The molecule has 4 nitrogen and oxygen atoms in total. The minimum atomic E-state index is 0.214. The average Bonchev–Trinajstić information content (AvgIpc) is 2.28. The van der Waals surface area contributed by atoms with Gasteiger partial charge in [-0.15, -0.1) is 0 Å². The molecular formula is C13H29N3O. The predicted octanol–water partition coefficient (Wildman–Crippen LogP) is 0.371. The minimum Gasteiger partial charge on any atom is -0.395 e. The molecule has 0 aliphatic carbocycles. The van der Waals surface area contributed by atoms with Gasteiger partial charge in [0.2, 0.25) is 0 Å². The maximum atomic E-state index is 9.35. The molecule has 102 valence electrons. The summed E-state index contributed by atoms with van der Waals surface area (Å²) in [6.07, 6.45) is 2.49. The first-order valence-corrected chi connectivity index (χ1v) is 6.78. The lowest BCUT2D eigenvalue weighted by Crippen LogP contribution is -2.49. The zero-order valence-electron chi connectivity index (χ0n) is 11.8. The number of piperidine rings is 1. The fourth-order valence-corrected chi connectivity index (χ4v) is 2.56. The van der Waals surface area contributed by atoms with Crippen LogP contribution in [0.15, 0.2) is 0 Å². The van der Waals surface area contributed by atoms with Crippen LogP contribution in [0, 0.1) is 0 Å². The van der Waals surface area contributed by atoms with Crippen molar-refractivity contribution in [3.8, 4) is 0 Å². The molecule has 4 heteroatoms. The van der Waals surface area contributed by atoms with Gasteiger partial charge in [0, 0.05) is 24.7 Å². The van der Waals surface area contributed by atoms with Crippen molar-refractivity contribution in [1.29, 1.82) is 0 Å². The number of aliphatic hydroxyl groups excluding tert-OH is 1. The Hall–Kier alpha value is -0.160. The van der Waals surface area contributed by atoms with Crippen molar-refractivity contribution in [1.82, 2.24) is 15.1 Å². The Morgan fingerprint density at radius 1 is 1.29 bits per heavy atom. The Morgan fingerprint density at radius 2 is 1.88 bits per heavy atom. The van der Waals surface area contributed by atoms with Crippen LogP contribution >= 0.6 is 0 Å². The van der Waals surface area contributed by atoms with Crippen LogP contribution in [0.25, 0.3) is 0 Å². The number of rotatable bonds is 6. The Labute approximate surface area is 106 Å². The Morgan fingerprint density at radius 3 is 2.29 bits per heavy atom. The molecule has 1 unspecified atom stereocenters. The third kappa shape index (κ3) is 5.34. The lowest BCUT2D eigenvalue weighted by atomic mass is 10.0. The smallest absolute Gasteiger partial charge is 0.0597 e. The highest BCUT2D eigenvalue weighted by Gasteiger charge is 2.22. The Balaban J connectivity index is 2.28. The highest BCUT2D eigenvalue weighted by Crippen LogP contribution is 2.14. The second-order valence-corrected chi connectivity index (χ2v) is 5.70.